The number of methoxy groups -OCH3 is 2. The Morgan fingerprint density at radius 3 is 2.03 bits per heavy atom. The summed E-state index contributed by atoms with van der Waals surface area (Å²) in [6.45, 7) is 2.02. The monoisotopic (exact) mass is 410 g/mol. The molecule has 0 aliphatic rings. The SMILES string of the molecule is CCOC(=O)/C(=C\S)c1nc(-c2ccc(OC)cc2)c(-c2ccc(OC)cc2)[nH]1. The summed E-state index contributed by atoms with van der Waals surface area (Å²) >= 11 is 4.17. The highest BCUT2D eigenvalue weighted by atomic mass is 32.1. The summed E-state index contributed by atoms with van der Waals surface area (Å²) in [5.74, 6) is 1.40. The van der Waals surface area contributed by atoms with Gasteiger partial charge in [0.25, 0.3) is 0 Å². The number of rotatable bonds is 7. The molecular formula is C22H22N2O4S. The van der Waals surface area contributed by atoms with Crippen LogP contribution in [-0.4, -0.2) is 36.8 Å². The number of aromatic nitrogens is 2. The lowest BCUT2D eigenvalue weighted by atomic mass is 10.0. The van der Waals surface area contributed by atoms with E-state index in [9.17, 15) is 4.79 Å². The smallest absolute Gasteiger partial charge is 0.342 e. The third-order valence-electron chi connectivity index (χ3n) is 4.33. The van der Waals surface area contributed by atoms with E-state index in [0.717, 1.165) is 28.3 Å². The van der Waals surface area contributed by atoms with Crippen LogP contribution in [0, 0.1) is 0 Å². The number of nitrogens with zero attached hydrogens (tertiary/aromatic N) is 1. The Labute approximate surface area is 174 Å². The Bertz CT molecular complexity index is 943. The minimum absolute atomic E-state index is 0.254. The Morgan fingerprint density at radius 2 is 1.55 bits per heavy atom. The summed E-state index contributed by atoms with van der Waals surface area (Å²) < 4.78 is 15.6. The van der Waals surface area contributed by atoms with Crippen molar-refractivity contribution in [3.63, 3.8) is 0 Å². The second-order valence-corrected chi connectivity index (χ2v) is 6.29. The fraction of sp³-hybridized carbons (Fsp3) is 0.182. The number of ether oxygens (including phenoxy) is 3. The van der Waals surface area contributed by atoms with Crippen molar-refractivity contribution in [1.29, 1.82) is 0 Å². The molecule has 150 valence electrons. The van der Waals surface area contributed by atoms with E-state index < -0.39 is 5.97 Å². The van der Waals surface area contributed by atoms with Crippen LogP contribution in [0.25, 0.3) is 28.1 Å². The quantitative estimate of drug-likeness (QED) is 0.338. The number of esters is 1. The van der Waals surface area contributed by atoms with Crippen molar-refractivity contribution in [1.82, 2.24) is 9.97 Å². The number of aromatic amines is 1. The average Bonchev–Trinajstić information content (AvgIpc) is 3.19. The van der Waals surface area contributed by atoms with Crippen LogP contribution >= 0.6 is 12.6 Å². The van der Waals surface area contributed by atoms with E-state index >= 15 is 0 Å². The van der Waals surface area contributed by atoms with Crippen LogP contribution in [0.2, 0.25) is 0 Å². The van der Waals surface area contributed by atoms with Gasteiger partial charge in [-0.15, -0.1) is 0 Å². The second-order valence-electron chi connectivity index (χ2n) is 6.03. The standard InChI is InChI=1S/C22H22N2O4S/c1-4-28-22(25)18(13-29)21-23-19(14-5-9-16(26-2)10-6-14)20(24-21)15-7-11-17(27-3)12-8-15/h5-13,29H,4H2,1-3H3,(H,23,24)/b18-13-. The van der Waals surface area contributed by atoms with Gasteiger partial charge >= 0.3 is 5.97 Å². The summed E-state index contributed by atoms with van der Waals surface area (Å²) in [7, 11) is 3.24. The first-order valence-corrected chi connectivity index (χ1v) is 9.53. The molecule has 29 heavy (non-hydrogen) atoms. The molecule has 3 rings (SSSR count). The minimum atomic E-state index is -0.487. The zero-order valence-electron chi connectivity index (χ0n) is 16.4. The number of hydrogen-bond acceptors (Lipinski definition) is 6. The van der Waals surface area contributed by atoms with E-state index in [2.05, 4.69) is 22.6 Å². The molecule has 0 radical (unpaired) electrons. The molecule has 3 aromatic rings. The Balaban J connectivity index is 2.12. The van der Waals surface area contributed by atoms with E-state index in [-0.39, 0.29) is 12.2 Å². The van der Waals surface area contributed by atoms with Gasteiger partial charge in [-0.3, -0.25) is 0 Å². The van der Waals surface area contributed by atoms with Gasteiger partial charge in [0.15, 0.2) is 0 Å². The molecule has 1 aromatic heterocycles. The third-order valence-corrected chi connectivity index (χ3v) is 4.58. The van der Waals surface area contributed by atoms with E-state index in [1.165, 1.54) is 5.41 Å². The minimum Gasteiger partial charge on any atom is -0.497 e. The molecule has 1 N–H and O–H groups in total. The lowest BCUT2D eigenvalue weighted by Gasteiger charge is -2.06. The molecule has 7 heteroatoms. The maximum atomic E-state index is 12.3. The van der Waals surface area contributed by atoms with Crippen LogP contribution in [0.4, 0.5) is 0 Å². The van der Waals surface area contributed by atoms with Crippen molar-refractivity contribution in [2.24, 2.45) is 0 Å². The van der Waals surface area contributed by atoms with Gasteiger partial charge in [0, 0.05) is 11.1 Å². The fourth-order valence-corrected chi connectivity index (χ4v) is 3.07. The topological polar surface area (TPSA) is 73.4 Å². The number of carbonyl (C=O) groups is 1. The number of H-pyrrole nitrogens is 1. The Kier molecular flexibility index (Phi) is 6.61. The highest BCUT2D eigenvalue weighted by Gasteiger charge is 2.21. The highest BCUT2D eigenvalue weighted by Crippen LogP contribution is 2.33. The molecule has 0 saturated heterocycles. The molecule has 0 atom stereocenters. The van der Waals surface area contributed by atoms with Crippen LogP contribution in [0.1, 0.15) is 12.7 Å². The van der Waals surface area contributed by atoms with Crippen LogP contribution in [0.5, 0.6) is 11.5 Å². The molecule has 2 aromatic carbocycles. The molecule has 0 fully saturated rings. The first-order chi connectivity index (χ1) is 14.1. The van der Waals surface area contributed by atoms with E-state index in [1.807, 2.05) is 48.5 Å². The van der Waals surface area contributed by atoms with Crippen LogP contribution < -0.4 is 9.47 Å². The summed E-state index contributed by atoms with van der Waals surface area (Å²) in [5, 5.41) is 1.40. The number of hydrogen-bond donors (Lipinski definition) is 2. The van der Waals surface area contributed by atoms with Gasteiger partial charge in [-0.25, -0.2) is 9.78 Å². The molecule has 0 bridgehead atoms. The number of imidazole rings is 1. The van der Waals surface area contributed by atoms with Gasteiger partial charge < -0.3 is 19.2 Å². The molecule has 6 nitrogen and oxygen atoms in total. The first kappa shape index (κ1) is 20.5. The van der Waals surface area contributed by atoms with Gasteiger partial charge in [-0.05, 0) is 60.9 Å². The normalized spacial score (nSPS) is 11.2. The van der Waals surface area contributed by atoms with Gasteiger partial charge in [-0.2, -0.15) is 12.6 Å². The van der Waals surface area contributed by atoms with E-state index in [1.54, 1.807) is 21.1 Å². The maximum absolute atomic E-state index is 12.3. The van der Waals surface area contributed by atoms with Gasteiger partial charge in [0.1, 0.15) is 22.9 Å². The van der Waals surface area contributed by atoms with Crippen molar-refractivity contribution in [3.05, 3.63) is 59.8 Å². The number of benzene rings is 2. The van der Waals surface area contributed by atoms with Crippen LogP contribution in [0.3, 0.4) is 0 Å². The Morgan fingerprint density at radius 1 is 1.00 bits per heavy atom. The molecule has 0 spiro atoms. The zero-order valence-corrected chi connectivity index (χ0v) is 17.3. The van der Waals surface area contributed by atoms with Gasteiger partial charge in [0.05, 0.1) is 32.2 Å². The van der Waals surface area contributed by atoms with E-state index in [4.69, 9.17) is 14.2 Å². The lowest BCUT2D eigenvalue weighted by molar-refractivity contribution is -0.136. The molecule has 0 aliphatic carbocycles. The van der Waals surface area contributed by atoms with Crippen molar-refractivity contribution < 1.29 is 19.0 Å². The van der Waals surface area contributed by atoms with Crippen molar-refractivity contribution in [2.45, 2.75) is 6.92 Å². The van der Waals surface area contributed by atoms with E-state index in [0.29, 0.717) is 11.5 Å². The van der Waals surface area contributed by atoms with Crippen LogP contribution in [0.15, 0.2) is 53.9 Å². The zero-order chi connectivity index (χ0) is 20.8. The molecule has 1 heterocycles. The summed E-state index contributed by atoms with van der Waals surface area (Å²) in [6.07, 6.45) is 0. The number of nitrogens with one attached hydrogen (secondary N) is 1. The van der Waals surface area contributed by atoms with Crippen molar-refractivity contribution in [2.75, 3.05) is 20.8 Å². The summed E-state index contributed by atoms with van der Waals surface area (Å²) in [6, 6.07) is 15.2. The maximum Gasteiger partial charge on any atom is 0.342 e. The fourth-order valence-electron chi connectivity index (χ4n) is 2.84. The Hall–Kier alpha value is -3.19. The number of carbonyl (C=O) groups excluding carboxylic acids is 1. The summed E-state index contributed by atoms with van der Waals surface area (Å²) in [4.78, 5) is 20.2. The largest absolute Gasteiger partial charge is 0.497 e. The van der Waals surface area contributed by atoms with Crippen molar-refractivity contribution >= 4 is 24.2 Å². The molecule has 0 amide bonds. The predicted octanol–water partition coefficient (Wildman–Crippen LogP) is 4.59. The number of thiol groups is 1. The third kappa shape index (κ3) is 4.46. The van der Waals surface area contributed by atoms with Crippen molar-refractivity contribution in [3.8, 4) is 34.0 Å². The predicted molar refractivity (Wildman–Crippen MR) is 116 cm³/mol. The summed E-state index contributed by atoms with van der Waals surface area (Å²) in [5.41, 5.74) is 3.50. The molecule has 0 aliphatic heterocycles. The van der Waals surface area contributed by atoms with Gasteiger partial charge in [-0.1, -0.05) is 0 Å². The average molecular weight is 410 g/mol. The second kappa shape index (κ2) is 9.34. The molecule has 0 unspecified atom stereocenters. The molecular weight excluding hydrogens is 388 g/mol. The molecule has 0 saturated carbocycles. The lowest BCUT2D eigenvalue weighted by Crippen LogP contribution is -2.07. The highest BCUT2D eigenvalue weighted by molar-refractivity contribution is 7.83. The van der Waals surface area contributed by atoms with Gasteiger partial charge in [0.2, 0.25) is 0 Å². The van der Waals surface area contributed by atoms with Crippen LogP contribution in [-0.2, 0) is 9.53 Å². The first-order valence-electron chi connectivity index (χ1n) is 9.02.